The summed E-state index contributed by atoms with van der Waals surface area (Å²) in [5, 5.41) is 17.0. The zero-order valence-electron chi connectivity index (χ0n) is 21.2. The standard InChI is InChI=1S/C25H30F3N7O3/c1-14(2)30-23-29-13-19-21(33-23)35(24(31-19)32-20-17(27)11-15(26)12-18(20)28)16-3-5-25(37,6-4-16)22(36)34-7-9-38-10-8-34/h11-14,16,37H,3-10H2,1-2H3,(H,31,32)(H,29,30,33)/t16-,25-. The van der Waals surface area contributed by atoms with Crippen LogP contribution in [0.1, 0.15) is 45.6 Å². The van der Waals surface area contributed by atoms with E-state index in [1.54, 1.807) is 9.47 Å². The number of aromatic nitrogens is 4. The van der Waals surface area contributed by atoms with Crippen molar-refractivity contribution in [2.75, 3.05) is 36.9 Å². The van der Waals surface area contributed by atoms with Crippen molar-refractivity contribution in [2.24, 2.45) is 0 Å². The smallest absolute Gasteiger partial charge is 0.254 e. The molecule has 2 aromatic heterocycles. The third kappa shape index (κ3) is 5.12. The number of amides is 1. The quantitative estimate of drug-likeness (QED) is 0.441. The van der Waals surface area contributed by atoms with Crippen LogP contribution in [0.15, 0.2) is 18.3 Å². The van der Waals surface area contributed by atoms with Crippen molar-refractivity contribution in [3.63, 3.8) is 0 Å². The van der Waals surface area contributed by atoms with Crippen LogP contribution >= 0.6 is 0 Å². The summed E-state index contributed by atoms with van der Waals surface area (Å²) in [5.41, 5.74) is -1.25. The average Bonchev–Trinajstić information content (AvgIpc) is 3.23. The number of ether oxygens (including phenoxy) is 1. The second kappa shape index (κ2) is 10.4. The van der Waals surface area contributed by atoms with Gasteiger partial charge in [0.15, 0.2) is 17.3 Å². The number of nitrogens with one attached hydrogen (secondary N) is 2. The molecular weight excluding hydrogens is 503 g/mol. The van der Waals surface area contributed by atoms with Gasteiger partial charge in [-0.3, -0.25) is 9.36 Å². The molecule has 204 valence electrons. The molecule has 0 radical (unpaired) electrons. The SMILES string of the molecule is CC(C)Nc1ncc2nc(Nc3c(F)cc(F)cc3F)n([C@H]3CC[C@@](O)(C(=O)N4CCOCC4)CC3)c2n1. The number of imidazole rings is 1. The Balaban J connectivity index is 1.48. The van der Waals surface area contributed by atoms with Gasteiger partial charge in [0, 0.05) is 37.3 Å². The van der Waals surface area contributed by atoms with Crippen molar-refractivity contribution in [1.29, 1.82) is 0 Å². The van der Waals surface area contributed by atoms with Crippen molar-refractivity contribution >= 4 is 34.7 Å². The van der Waals surface area contributed by atoms with E-state index in [9.17, 15) is 23.1 Å². The molecule has 1 aliphatic carbocycles. The van der Waals surface area contributed by atoms with Crippen LogP contribution in [0.3, 0.4) is 0 Å². The lowest BCUT2D eigenvalue weighted by Gasteiger charge is -2.39. The fraction of sp³-hybridized carbons (Fsp3) is 0.520. The minimum Gasteiger partial charge on any atom is -0.380 e. The Morgan fingerprint density at radius 1 is 1.13 bits per heavy atom. The molecule has 3 aromatic rings. The topological polar surface area (TPSA) is 117 Å². The van der Waals surface area contributed by atoms with E-state index in [4.69, 9.17) is 4.74 Å². The second-order valence-corrected chi connectivity index (χ2v) is 10.0. The van der Waals surface area contributed by atoms with E-state index in [1.807, 2.05) is 13.8 Å². The summed E-state index contributed by atoms with van der Waals surface area (Å²) in [6.45, 7) is 5.61. The number of carbonyl (C=O) groups is 1. The summed E-state index contributed by atoms with van der Waals surface area (Å²) < 4.78 is 49.5. The molecule has 38 heavy (non-hydrogen) atoms. The predicted molar refractivity (Wildman–Crippen MR) is 134 cm³/mol. The van der Waals surface area contributed by atoms with E-state index in [0.717, 1.165) is 0 Å². The number of rotatable bonds is 6. The fourth-order valence-corrected chi connectivity index (χ4v) is 5.04. The summed E-state index contributed by atoms with van der Waals surface area (Å²) >= 11 is 0. The van der Waals surface area contributed by atoms with Crippen molar-refractivity contribution in [2.45, 2.75) is 57.2 Å². The van der Waals surface area contributed by atoms with Crippen LogP contribution in [-0.2, 0) is 9.53 Å². The molecule has 0 spiro atoms. The summed E-state index contributed by atoms with van der Waals surface area (Å²) in [7, 11) is 0. The summed E-state index contributed by atoms with van der Waals surface area (Å²) in [6, 6.07) is 0.926. The molecular formula is C25H30F3N7O3. The number of morpholine rings is 1. The van der Waals surface area contributed by atoms with Crippen molar-refractivity contribution in [1.82, 2.24) is 24.4 Å². The average molecular weight is 534 g/mol. The van der Waals surface area contributed by atoms with E-state index < -0.39 is 28.7 Å². The Kier molecular flexibility index (Phi) is 7.14. The first-order valence-corrected chi connectivity index (χ1v) is 12.7. The Morgan fingerprint density at radius 2 is 1.79 bits per heavy atom. The zero-order chi connectivity index (χ0) is 27.0. The Bertz CT molecular complexity index is 1310. The van der Waals surface area contributed by atoms with Crippen LogP contribution in [0, 0.1) is 17.5 Å². The normalized spacial score (nSPS) is 22.2. The van der Waals surface area contributed by atoms with Gasteiger partial charge in [-0.25, -0.2) is 23.1 Å². The first kappa shape index (κ1) is 26.2. The van der Waals surface area contributed by atoms with E-state index in [-0.39, 0.29) is 36.8 Å². The highest BCUT2D eigenvalue weighted by Gasteiger charge is 2.43. The van der Waals surface area contributed by atoms with Crippen LogP contribution in [0.4, 0.5) is 30.8 Å². The number of nitrogens with zero attached hydrogens (tertiary/aromatic N) is 5. The van der Waals surface area contributed by atoms with Gasteiger partial charge in [0.1, 0.15) is 22.6 Å². The van der Waals surface area contributed by atoms with Crippen LogP contribution in [0.2, 0.25) is 0 Å². The molecule has 2 aliphatic rings. The second-order valence-electron chi connectivity index (χ2n) is 10.0. The lowest BCUT2D eigenvalue weighted by atomic mass is 9.81. The van der Waals surface area contributed by atoms with Gasteiger partial charge in [0.05, 0.1) is 19.4 Å². The van der Waals surface area contributed by atoms with E-state index in [2.05, 4.69) is 25.6 Å². The number of benzene rings is 1. The molecule has 1 aliphatic heterocycles. The third-order valence-electron chi connectivity index (χ3n) is 6.94. The number of carbonyl (C=O) groups excluding carboxylic acids is 1. The number of anilines is 3. The van der Waals surface area contributed by atoms with Crippen LogP contribution < -0.4 is 10.6 Å². The van der Waals surface area contributed by atoms with Gasteiger partial charge in [0.25, 0.3) is 5.91 Å². The highest BCUT2D eigenvalue weighted by atomic mass is 19.1. The van der Waals surface area contributed by atoms with Crippen LogP contribution in [0.25, 0.3) is 11.2 Å². The highest BCUT2D eigenvalue weighted by molar-refractivity contribution is 5.85. The number of fused-ring (bicyclic) bond motifs is 1. The molecule has 1 saturated carbocycles. The molecule has 5 rings (SSSR count). The van der Waals surface area contributed by atoms with Crippen LogP contribution in [0.5, 0.6) is 0 Å². The molecule has 0 bridgehead atoms. The molecule has 0 unspecified atom stereocenters. The minimum absolute atomic E-state index is 0.0553. The molecule has 1 saturated heterocycles. The molecule has 1 aromatic carbocycles. The molecule has 10 nitrogen and oxygen atoms in total. The first-order valence-electron chi connectivity index (χ1n) is 12.7. The lowest BCUT2D eigenvalue weighted by molar-refractivity contribution is -0.159. The Hall–Kier alpha value is -3.45. The number of halogens is 3. The largest absolute Gasteiger partial charge is 0.380 e. The maximum absolute atomic E-state index is 14.5. The van der Waals surface area contributed by atoms with Gasteiger partial charge in [-0.15, -0.1) is 0 Å². The molecule has 0 atom stereocenters. The maximum atomic E-state index is 14.5. The third-order valence-corrected chi connectivity index (χ3v) is 6.94. The van der Waals surface area contributed by atoms with Gasteiger partial charge in [-0.05, 0) is 39.5 Å². The summed E-state index contributed by atoms with van der Waals surface area (Å²) in [4.78, 5) is 28.1. The van der Waals surface area contributed by atoms with Gasteiger partial charge in [0.2, 0.25) is 11.9 Å². The molecule has 1 amide bonds. The number of hydrogen-bond donors (Lipinski definition) is 3. The van der Waals surface area contributed by atoms with Gasteiger partial charge >= 0.3 is 0 Å². The van der Waals surface area contributed by atoms with Gasteiger partial charge in [-0.1, -0.05) is 0 Å². The van der Waals surface area contributed by atoms with Gasteiger partial charge in [-0.2, -0.15) is 4.98 Å². The number of aliphatic hydroxyl groups is 1. The van der Waals surface area contributed by atoms with E-state index in [0.29, 0.717) is 68.4 Å². The Morgan fingerprint density at radius 3 is 2.42 bits per heavy atom. The Labute approximate surface area is 217 Å². The zero-order valence-corrected chi connectivity index (χ0v) is 21.2. The predicted octanol–water partition coefficient (Wildman–Crippen LogP) is 3.51. The van der Waals surface area contributed by atoms with Crippen molar-refractivity contribution < 1.29 is 27.8 Å². The maximum Gasteiger partial charge on any atom is 0.254 e. The van der Waals surface area contributed by atoms with Crippen molar-refractivity contribution in [3.05, 3.63) is 35.8 Å². The number of hydrogen-bond acceptors (Lipinski definition) is 8. The summed E-state index contributed by atoms with van der Waals surface area (Å²) in [6.07, 6.45) is 2.66. The monoisotopic (exact) mass is 533 g/mol. The van der Waals surface area contributed by atoms with Crippen molar-refractivity contribution in [3.8, 4) is 0 Å². The highest BCUT2D eigenvalue weighted by Crippen LogP contribution is 2.40. The van der Waals surface area contributed by atoms with E-state index in [1.165, 1.54) is 6.20 Å². The molecule has 3 heterocycles. The lowest BCUT2D eigenvalue weighted by Crippen LogP contribution is -2.54. The fourth-order valence-electron chi connectivity index (χ4n) is 5.04. The van der Waals surface area contributed by atoms with E-state index >= 15 is 0 Å². The van der Waals surface area contributed by atoms with Gasteiger partial charge < -0.3 is 25.4 Å². The molecule has 13 heteroatoms. The summed E-state index contributed by atoms with van der Waals surface area (Å²) in [5.74, 6) is -3.11. The first-order chi connectivity index (χ1) is 18.1. The van der Waals surface area contributed by atoms with Crippen LogP contribution in [-0.4, -0.2) is 73.4 Å². The minimum atomic E-state index is -1.51. The molecule has 2 fully saturated rings. The molecule has 3 N–H and O–H groups in total.